The minimum absolute atomic E-state index is 0.195. The summed E-state index contributed by atoms with van der Waals surface area (Å²) >= 11 is 3.31. The number of hydrogen-bond donors (Lipinski definition) is 2. The van der Waals surface area contributed by atoms with E-state index in [9.17, 15) is 9.50 Å². The van der Waals surface area contributed by atoms with Crippen molar-refractivity contribution >= 4 is 15.9 Å². The number of benzene rings is 1. The van der Waals surface area contributed by atoms with E-state index < -0.39 is 12.1 Å². The molecule has 4 heteroatoms. The zero-order chi connectivity index (χ0) is 13.1. The molecule has 0 unspecified atom stereocenters. The van der Waals surface area contributed by atoms with Gasteiger partial charge in [0.2, 0.25) is 0 Å². The van der Waals surface area contributed by atoms with Crippen LogP contribution >= 0.6 is 15.9 Å². The summed E-state index contributed by atoms with van der Waals surface area (Å²) in [5, 5.41) is 10.3. The predicted molar refractivity (Wildman–Crippen MR) is 73.6 cm³/mol. The van der Waals surface area contributed by atoms with Crippen LogP contribution in [-0.4, -0.2) is 11.2 Å². The summed E-state index contributed by atoms with van der Waals surface area (Å²) in [5.41, 5.74) is 6.44. The van der Waals surface area contributed by atoms with Gasteiger partial charge in [-0.1, -0.05) is 41.3 Å². The molecular formula is C14H19BrFNO. The summed E-state index contributed by atoms with van der Waals surface area (Å²) < 4.78 is 14.4. The molecule has 2 atom stereocenters. The van der Waals surface area contributed by atoms with Gasteiger partial charge >= 0.3 is 0 Å². The molecule has 1 aliphatic carbocycles. The third-order valence-electron chi connectivity index (χ3n) is 3.83. The molecule has 0 saturated heterocycles. The molecule has 0 spiro atoms. The second-order valence-corrected chi connectivity index (χ2v) is 5.90. The fourth-order valence-corrected chi connectivity index (χ4v) is 3.38. The molecule has 1 aromatic carbocycles. The van der Waals surface area contributed by atoms with E-state index in [0.29, 0.717) is 10.0 Å². The average molecular weight is 316 g/mol. The van der Waals surface area contributed by atoms with Crippen molar-refractivity contribution in [3.05, 3.63) is 34.1 Å². The number of aliphatic hydroxyl groups is 1. The summed E-state index contributed by atoms with van der Waals surface area (Å²) in [6, 6.07) is 4.10. The molecule has 0 amide bonds. The van der Waals surface area contributed by atoms with Crippen molar-refractivity contribution in [1.82, 2.24) is 0 Å². The molecule has 1 saturated carbocycles. The van der Waals surface area contributed by atoms with Gasteiger partial charge in [0.1, 0.15) is 5.82 Å². The van der Waals surface area contributed by atoms with E-state index in [1.807, 2.05) is 0 Å². The molecular weight excluding hydrogens is 297 g/mol. The first kappa shape index (κ1) is 14.0. The summed E-state index contributed by atoms with van der Waals surface area (Å²) in [7, 11) is 0. The highest BCUT2D eigenvalue weighted by Gasteiger charge is 2.30. The van der Waals surface area contributed by atoms with Crippen molar-refractivity contribution in [1.29, 1.82) is 0 Å². The standard InChI is InChI=1S/C14H19BrFNO/c15-10-7-4-8-11(16)12(10)13(17)14(18)9-5-2-1-3-6-9/h4,7-9,13-14,18H,1-3,5-6,17H2/t13-,14+/m1/s1. The summed E-state index contributed by atoms with van der Waals surface area (Å²) in [5.74, 6) is -0.160. The van der Waals surface area contributed by atoms with Gasteiger partial charge in [-0.25, -0.2) is 4.39 Å². The number of aliphatic hydroxyl groups excluding tert-OH is 1. The maximum atomic E-state index is 13.8. The first-order chi connectivity index (χ1) is 8.61. The molecule has 0 aromatic heterocycles. The number of hydrogen-bond acceptors (Lipinski definition) is 2. The molecule has 18 heavy (non-hydrogen) atoms. The van der Waals surface area contributed by atoms with E-state index in [4.69, 9.17) is 5.73 Å². The predicted octanol–water partition coefficient (Wildman–Crippen LogP) is 3.53. The minimum atomic E-state index is -0.668. The third kappa shape index (κ3) is 2.92. The van der Waals surface area contributed by atoms with Crippen molar-refractivity contribution in [2.45, 2.75) is 44.2 Å². The molecule has 1 aromatic rings. The van der Waals surface area contributed by atoms with Crippen LogP contribution in [0.3, 0.4) is 0 Å². The Balaban J connectivity index is 2.16. The van der Waals surface area contributed by atoms with E-state index in [1.165, 1.54) is 12.5 Å². The van der Waals surface area contributed by atoms with E-state index in [-0.39, 0.29) is 11.7 Å². The van der Waals surface area contributed by atoms with Gasteiger partial charge in [-0.3, -0.25) is 0 Å². The fourth-order valence-electron chi connectivity index (χ4n) is 2.77. The van der Waals surface area contributed by atoms with Crippen LogP contribution in [0.2, 0.25) is 0 Å². The van der Waals surface area contributed by atoms with Crippen LogP contribution in [0, 0.1) is 11.7 Å². The Morgan fingerprint density at radius 2 is 1.94 bits per heavy atom. The molecule has 2 nitrogen and oxygen atoms in total. The molecule has 1 aliphatic rings. The van der Waals surface area contributed by atoms with Crippen LogP contribution in [0.1, 0.15) is 43.7 Å². The average Bonchev–Trinajstić information content (AvgIpc) is 2.38. The van der Waals surface area contributed by atoms with Gasteiger partial charge in [-0.05, 0) is 30.9 Å². The topological polar surface area (TPSA) is 46.2 Å². The Hall–Kier alpha value is -0.450. The molecule has 0 aliphatic heterocycles. The van der Waals surface area contributed by atoms with E-state index in [0.717, 1.165) is 25.7 Å². The molecule has 2 rings (SSSR count). The zero-order valence-corrected chi connectivity index (χ0v) is 11.9. The Morgan fingerprint density at radius 1 is 1.28 bits per heavy atom. The highest BCUT2D eigenvalue weighted by atomic mass is 79.9. The lowest BCUT2D eigenvalue weighted by Crippen LogP contribution is -2.35. The maximum Gasteiger partial charge on any atom is 0.129 e. The normalized spacial score (nSPS) is 20.7. The van der Waals surface area contributed by atoms with Gasteiger partial charge in [-0.2, -0.15) is 0 Å². The van der Waals surface area contributed by atoms with Gasteiger partial charge in [0, 0.05) is 10.0 Å². The summed E-state index contributed by atoms with van der Waals surface area (Å²) in [6.07, 6.45) is 4.79. The number of halogens is 2. The Kier molecular flexibility index (Phi) is 4.76. The Labute approximate surface area is 116 Å². The summed E-state index contributed by atoms with van der Waals surface area (Å²) in [4.78, 5) is 0. The molecule has 100 valence electrons. The molecule has 0 radical (unpaired) electrons. The highest BCUT2D eigenvalue weighted by molar-refractivity contribution is 9.10. The van der Waals surface area contributed by atoms with Gasteiger partial charge in [0.15, 0.2) is 0 Å². The molecule has 1 fully saturated rings. The second kappa shape index (κ2) is 6.13. The lowest BCUT2D eigenvalue weighted by molar-refractivity contribution is 0.0606. The van der Waals surface area contributed by atoms with Crippen molar-refractivity contribution in [2.24, 2.45) is 11.7 Å². The number of rotatable bonds is 3. The first-order valence-corrected chi connectivity index (χ1v) is 7.28. The third-order valence-corrected chi connectivity index (χ3v) is 4.53. The van der Waals surface area contributed by atoms with E-state index in [1.54, 1.807) is 12.1 Å². The lowest BCUT2D eigenvalue weighted by Gasteiger charge is -2.31. The van der Waals surface area contributed by atoms with Gasteiger partial charge < -0.3 is 10.8 Å². The molecule has 0 bridgehead atoms. The number of nitrogens with two attached hydrogens (primary N) is 1. The second-order valence-electron chi connectivity index (χ2n) is 5.05. The maximum absolute atomic E-state index is 13.8. The van der Waals surface area contributed by atoms with Crippen molar-refractivity contribution in [3.8, 4) is 0 Å². The van der Waals surface area contributed by atoms with Crippen LogP contribution < -0.4 is 5.73 Å². The smallest absolute Gasteiger partial charge is 0.129 e. The van der Waals surface area contributed by atoms with Gasteiger partial charge in [-0.15, -0.1) is 0 Å². The summed E-state index contributed by atoms with van der Waals surface area (Å²) in [6.45, 7) is 0. The largest absolute Gasteiger partial charge is 0.391 e. The zero-order valence-electron chi connectivity index (χ0n) is 10.3. The van der Waals surface area contributed by atoms with Crippen molar-refractivity contribution < 1.29 is 9.50 Å². The van der Waals surface area contributed by atoms with Crippen LogP contribution in [0.5, 0.6) is 0 Å². The van der Waals surface area contributed by atoms with E-state index >= 15 is 0 Å². The molecule has 3 N–H and O–H groups in total. The van der Waals surface area contributed by atoms with Crippen molar-refractivity contribution in [2.75, 3.05) is 0 Å². The Bertz CT molecular complexity index is 387. The van der Waals surface area contributed by atoms with Crippen LogP contribution in [-0.2, 0) is 0 Å². The van der Waals surface area contributed by atoms with Crippen LogP contribution in [0.4, 0.5) is 4.39 Å². The fraction of sp³-hybridized carbons (Fsp3) is 0.571. The van der Waals surface area contributed by atoms with Gasteiger partial charge in [0.25, 0.3) is 0 Å². The lowest BCUT2D eigenvalue weighted by atomic mass is 9.81. The van der Waals surface area contributed by atoms with Crippen LogP contribution in [0.25, 0.3) is 0 Å². The Morgan fingerprint density at radius 3 is 2.56 bits per heavy atom. The SMILES string of the molecule is N[C@H](c1c(F)cccc1Br)[C@@H](O)C1CCCCC1. The highest BCUT2D eigenvalue weighted by Crippen LogP contribution is 2.34. The van der Waals surface area contributed by atoms with Crippen molar-refractivity contribution in [3.63, 3.8) is 0 Å². The monoisotopic (exact) mass is 315 g/mol. The molecule has 0 heterocycles. The first-order valence-electron chi connectivity index (χ1n) is 6.49. The van der Waals surface area contributed by atoms with Gasteiger partial charge in [0.05, 0.1) is 12.1 Å². The van der Waals surface area contributed by atoms with E-state index in [2.05, 4.69) is 15.9 Å². The van der Waals surface area contributed by atoms with Crippen LogP contribution in [0.15, 0.2) is 22.7 Å². The minimum Gasteiger partial charge on any atom is -0.391 e. The quantitative estimate of drug-likeness (QED) is 0.896.